The highest BCUT2D eigenvalue weighted by molar-refractivity contribution is 7.26. The number of nitrogens with zero attached hydrogens (tertiary/aromatic N) is 3. The quantitative estimate of drug-likeness (QED) is 0.175. The molecule has 11 aromatic rings. The van der Waals surface area contributed by atoms with Crippen molar-refractivity contribution in [2.75, 3.05) is 0 Å². The topological polar surface area (TPSA) is 65.0 Å². The van der Waals surface area contributed by atoms with Crippen LogP contribution >= 0.6 is 11.3 Å². The Hall–Kier alpha value is -7.15. The van der Waals surface area contributed by atoms with Gasteiger partial charge in [0, 0.05) is 70.1 Å². The normalized spacial score (nSPS) is 14.0. The second-order valence-corrected chi connectivity index (χ2v) is 15.7. The van der Waals surface area contributed by atoms with E-state index in [2.05, 4.69) is 103 Å². The highest BCUT2D eigenvalue weighted by atomic mass is 32.1. The van der Waals surface area contributed by atoms with E-state index in [1.807, 2.05) is 78.1 Å². The average Bonchev–Trinajstić information content (AvgIpc) is 3.98. The zero-order chi connectivity index (χ0) is 37.5. The minimum absolute atomic E-state index is 0.0870. The third-order valence-electron chi connectivity index (χ3n) is 11.3. The zero-order valence-electron chi connectivity index (χ0n) is 30.5. The van der Waals surface area contributed by atoms with Crippen LogP contribution in [0.5, 0.6) is 0 Å². The first-order valence-corrected chi connectivity index (χ1v) is 20.0. The van der Waals surface area contributed by atoms with Gasteiger partial charge in [-0.3, -0.25) is 0 Å². The summed E-state index contributed by atoms with van der Waals surface area (Å²) in [6.07, 6.45) is 5.40. The van der Waals surface area contributed by atoms with Crippen LogP contribution in [0.3, 0.4) is 0 Å². The monoisotopic (exact) mass is 749 g/mol. The van der Waals surface area contributed by atoms with Gasteiger partial charge >= 0.3 is 0 Å². The fraction of sp³-hybridized carbons (Fsp3) is 0.0392. The summed E-state index contributed by atoms with van der Waals surface area (Å²) in [5.74, 6) is 2.97. The van der Waals surface area contributed by atoms with E-state index in [-0.39, 0.29) is 5.92 Å². The number of rotatable bonds is 5. The summed E-state index contributed by atoms with van der Waals surface area (Å²) in [4.78, 5) is 14.9. The van der Waals surface area contributed by atoms with Gasteiger partial charge in [-0.2, -0.15) is 0 Å². The second kappa shape index (κ2) is 12.7. The fourth-order valence-corrected chi connectivity index (χ4v) is 9.82. The van der Waals surface area contributed by atoms with E-state index >= 15 is 0 Å². The molecule has 1 atom stereocenters. The standard InChI is InChI=1S/C51H31N3O2S/c1-3-13-30(14-4-1)49-52-50(31-15-5-2-6-16-31)54-51(53-49)32-25-26-39-44(29-32)55-43-23-12-20-37(46(39)43)41-28-33(27-40-36-18-8-10-24-45(36)57-48(40)41)34-19-11-21-38-35-17-7-9-22-42(35)56-47(34)38/h1-18,20-29,34H,19H2. The van der Waals surface area contributed by atoms with E-state index in [0.717, 1.165) is 67.3 Å². The lowest BCUT2D eigenvalue weighted by atomic mass is 9.84. The van der Waals surface area contributed by atoms with Crippen LogP contribution in [0.15, 0.2) is 173 Å². The van der Waals surface area contributed by atoms with Crippen LogP contribution in [-0.4, -0.2) is 15.0 Å². The second-order valence-electron chi connectivity index (χ2n) is 14.6. The maximum atomic E-state index is 6.71. The Morgan fingerprint density at radius 3 is 1.96 bits per heavy atom. The van der Waals surface area contributed by atoms with Gasteiger partial charge in [-0.05, 0) is 60.0 Å². The molecule has 1 unspecified atom stereocenters. The molecule has 0 radical (unpaired) electrons. The van der Waals surface area contributed by atoms with Crippen molar-refractivity contribution in [3.05, 3.63) is 181 Å². The van der Waals surface area contributed by atoms with Gasteiger partial charge in [0.2, 0.25) is 0 Å². The maximum absolute atomic E-state index is 6.71. The Morgan fingerprint density at radius 1 is 0.491 bits per heavy atom. The Morgan fingerprint density at radius 2 is 1.18 bits per heavy atom. The van der Waals surface area contributed by atoms with E-state index in [1.54, 1.807) is 0 Å². The number of benzene rings is 7. The van der Waals surface area contributed by atoms with Crippen molar-refractivity contribution in [3.63, 3.8) is 0 Å². The third kappa shape index (κ3) is 5.18. The lowest BCUT2D eigenvalue weighted by Crippen LogP contribution is -2.04. The van der Waals surface area contributed by atoms with E-state index in [9.17, 15) is 0 Å². The van der Waals surface area contributed by atoms with Crippen LogP contribution in [-0.2, 0) is 0 Å². The number of hydrogen-bond donors (Lipinski definition) is 0. The van der Waals surface area contributed by atoms with E-state index in [4.69, 9.17) is 23.8 Å². The third-order valence-corrected chi connectivity index (χ3v) is 12.5. The SMILES string of the molecule is C1=Cc2c(oc3ccccc23)C(c2cc(-c3cccc4oc5cc(-c6nc(-c7ccccc7)nc(-c7ccccc7)n6)ccc5c34)c3sc4ccccc4c3c2)C1. The summed E-state index contributed by atoms with van der Waals surface area (Å²) in [5.41, 5.74) is 10.1. The van der Waals surface area contributed by atoms with E-state index in [0.29, 0.717) is 17.5 Å². The Kier molecular flexibility index (Phi) is 7.16. The van der Waals surface area contributed by atoms with Crippen LogP contribution < -0.4 is 0 Å². The highest BCUT2D eigenvalue weighted by Gasteiger charge is 2.27. The first-order valence-electron chi connectivity index (χ1n) is 19.2. The number of fused-ring (bicyclic) bond motifs is 9. The molecule has 0 amide bonds. The highest BCUT2D eigenvalue weighted by Crippen LogP contribution is 2.48. The molecule has 1 aliphatic rings. The van der Waals surface area contributed by atoms with Crippen molar-refractivity contribution in [1.29, 1.82) is 0 Å². The number of para-hydroxylation sites is 1. The van der Waals surface area contributed by atoms with Gasteiger partial charge in [-0.1, -0.05) is 127 Å². The van der Waals surface area contributed by atoms with E-state index < -0.39 is 0 Å². The maximum Gasteiger partial charge on any atom is 0.164 e. The van der Waals surface area contributed by atoms with Gasteiger partial charge in [0.1, 0.15) is 22.5 Å². The van der Waals surface area contributed by atoms with Gasteiger partial charge in [0.05, 0.1) is 0 Å². The van der Waals surface area contributed by atoms with Crippen molar-refractivity contribution in [2.24, 2.45) is 0 Å². The molecular formula is C51H31N3O2S. The van der Waals surface area contributed by atoms with Gasteiger partial charge in [-0.25, -0.2) is 15.0 Å². The van der Waals surface area contributed by atoms with Crippen LogP contribution in [0.2, 0.25) is 0 Å². The molecule has 0 spiro atoms. The molecule has 268 valence electrons. The predicted molar refractivity (Wildman–Crippen MR) is 233 cm³/mol. The van der Waals surface area contributed by atoms with Crippen LogP contribution in [0.4, 0.5) is 0 Å². The summed E-state index contributed by atoms with van der Waals surface area (Å²) in [6, 6.07) is 54.8. The number of aromatic nitrogens is 3. The molecular weight excluding hydrogens is 719 g/mol. The molecule has 5 nitrogen and oxygen atoms in total. The minimum atomic E-state index is 0.0870. The average molecular weight is 750 g/mol. The first kappa shape index (κ1) is 32.1. The van der Waals surface area contributed by atoms with Gasteiger partial charge < -0.3 is 8.83 Å². The molecule has 1 aliphatic carbocycles. The van der Waals surface area contributed by atoms with E-state index in [1.165, 1.54) is 36.9 Å². The van der Waals surface area contributed by atoms with Gasteiger partial charge in [-0.15, -0.1) is 11.3 Å². The van der Waals surface area contributed by atoms with Crippen molar-refractivity contribution in [3.8, 4) is 45.3 Å². The van der Waals surface area contributed by atoms with Crippen LogP contribution in [0.25, 0.3) is 104 Å². The number of furan rings is 2. The van der Waals surface area contributed by atoms with Crippen molar-refractivity contribution < 1.29 is 8.83 Å². The molecule has 12 rings (SSSR count). The molecule has 0 saturated carbocycles. The molecule has 4 heterocycles. The van der Waals surface area contributed by atoms with Crippen molar-refractivity contribution >= 4 is 70.5 Å². The Bertz CT molecular complexity index is 3340. The lowest BCUT2D eigenvalue weighted by Gasteiger charge is -2.20. The summed E-state index contributed by atoms with van der Waals surface area (Å²) in [7, 11) is 0. The van der Waals surface area contributed by atoms with Crippen molar-refractivity contribution in [2.45, 2.75) is 12.3 Å². The Balaban J connectivity index is 1.05. The van der Waals surface area contributed by atoms with Gasteiger partial charge in [0.25, 0.3) is 0 Å². The molecule has 0 aliphatic heterocycles. The fourth-order valence-electron chi connectivity index (χ4n) is 8.61. The molecule has 7 aromatic carbocycles. The predicted octanol–water partition coefficient (Wildman–Crippen LogP) is 14.1. The summed E-state index contributed by atoms with van der Waals surface area (Å²) >= 11 is 1.85. The molecule has 6 heteroatoms. The molecule has 4 aromatic heterocycles. The first-order chi connectivity index (χ1) is 28.2. The summed E-state index contributed by atoms with van der Waals surface area (Å²) in [5, 5.41) is 5.83. The number of hydrogen-bond acceptors (Lipinski definition) is 6. The largest absolute Gasteiger partial charge is 0.460 e. The summed E-state index contributed by atoms with van der Waals surface area (Å²) < 4.78 is 15.9. The van der Waals surface area contributed by atoms with Crippen LogP contribution in [0.1, 0.15) is 29.2 Å². The Labute approximate surface area is 331 Å². The molecule has 0 bridgehead atoms. The molecule has 0 N–H and O–H groups in total. The molecule has 57 heavy (non-hydrogen) atoms. The number of thiophene rings is 1. The zero-order valence-corrected chi connectivity index (χ0v) is 31.3. The number of allylic oxidation sites excluding steroid dienone is 1. The molecule has 0 fully saturated rings. The van der Waals surface area contributed by atoms with Crippen molar-refractivity contribution in [1.82, 2.24) is 15.0 Å². The summed E-state index contributed by atoms with van der Waals surface area (Å²) in [6.45, 7) is 0. The smallest absolute Gasteiger partial charge is 0.164 e. The molecule has 0 saturated heterocycles. The minimum Gasteiger partial charge on any atom is -0.460 e. The van der Waals surface area contributed by atoms with Gasteiger partial charge in [0.15, 0.2) is 17.5 Å². The lowest BCUT2D eigenvalue weighted by molar-refractivity contribution is 0.517. The van der Waals surface area contributed by atoms with Crippen LogP contribution in [0, 0.1) is 0 Å².